The monoisotopic (exact) mass is 480 g/mol. The van der Waals surface area contributed by atoms with Crippen LogP contribution in [0.2, 0.25) is 0 Å². The van der Waals surface area contributed by atoms with Crippen molar-refractivity contribution in [1.29, 1.82) is 0 Å². The summed E-state index contributed by atoms with van der Waals surface area (Å²) in [7, 11) is 0. The Balaban J connectivity index is 1.14. The first kappa shape index (κ1) is 21.2. The van der Waals surface area contributed by atoms with Gasteiger partial charge in [0.15, 0.2) is 0 Å². The molecule has 0 nitrogen and oxygen atoms in total. The molecule has 0 N–H and O–H groups in total. The third-order valence-corrected chi connectivity index (χ3v) is 8.02. The summed E-state index contributed by atoms with van der Waals surface area (Å²) in [4.78, 5) is 0. The van der Waals surface area contributed by atoms with E-state index in [4.69, 9.17) is 0 Å². The number of benzene rings is 7. The van der Waals surface area contributed by atoms with Crippen LogP contribution < -0.4 is 0 Å². The maximum Gasteiger partial charge on any atom is -0.00259 e. The maximum absolute atomic E-state index is 2.37. The Morgan fingerprint density at radius 3 is 1.50 bits per heavy atom. The average Bonchev–Trinajstić information content (AvgIpc) is 3.32. The Kier molecular flexibility index (Phi) is 4.62. The molecular weight excluding hydrogens is 456 g/mol. The Hall–Kier alpha value is -4.94. The molecule has 7 aromatic rings. The molecule has 0 unspecified atom stereocenters. The lowest BCUT2D eigenvalue weighted by Crippen LogP contribution is -1.84. The second-order valence-corrected chi connectivity index (χ2v) is 10.2. The van der Waals surface area contributed by atoms with Gasteiger partial charge in [0, 0.05) is 0 Å². The second-order valence-electron chi connectivity index (χ2n) is 10.2. The van der Waals surface area contributed by atoms with Crippen LogP contribution in [0.4, 0.5) is 0 Å². The predicted octanol–water partition coefficient (Wildman–Crippen LogP) is 10.6. The minimum atomic E-state index is 1.23. The highest BCUT2D eigenvalue weighted by atomic mass is 14.2. The normalized spacial score (nSPS) is 11.7. The van der Waals surface area contributed by atoms with E-state index in [1.165, 1.54) is 77.2 Å². The molecule has 0 amide bonds. The lowest BCUT2D eigenvalue weighted by Gasteiger charge is -2.10. The Bertz CT molecular complexity index is 1990. The molecule has 7 aromatic carbocycles. The van der Waals surface area contributed by atoms with Gasteiger partial charge in [-0.2, -0.15) is 0 Å². The molecule has 1 aliphatic carbocycles. The smallest absolute Gasteiger partial charge is 0.00259 e. The molecule has 1 aliphatic rings. The van der Waals surface area contributed by atoms with Crippen molar-refractivity contribution in [2.75, 3.05) is 0 Å². The lowest BCUT2D eigenvalue weighted by molar-refractivity contribution is 1.59. The van der Waals surface area contributed by atoms with Gasteiger partial charge in [-0.15, -0.1) is 0 Å². The molecule has 0 aliphatic heterocycles. The summed E-state index contributed by atoms with van der Waals surface area (Å²) in [6, 6.07) is 53.2. The predicted molar refractivity (Wildman–Crippen MR) is 162 cm³/mol. The van der Waals surface area contributed by atoms with E-state index < -0.39 is 0 Å². The van der Waals surface area contributed by atoms with Gasteiger partial charge in [-0.05, 0) is 89.3 Å². The number of fused-ring (bicyclic) bond motifs is 4. The fourth-order valence-electron chi connectivity index (χ4n) is 6.16. The van der Waals surface area contributed by atoms with Crippen LogP contribution in [-0.4, -0.2) is 0 Å². The van der Waals surface area contributed by atoms with Gasteiger partial charge >= 0.3 is 0 Å². The van der Waals surface area contributed by atoms with E-state index in [9.17, 15) is 0 Å². The van der Waals surface area contributed by atoms with E-state index in [-0.39, 0.29) is 0 Å². The highest BCUT2D eigenvalue weighted by molar-refractivity contribution is 6.16. The molecule has 0 aromatic heterocycles. The van der Waals surface area contributed by atoms with Crippen molar-refractivity contribution < 1.29 is 0 Å². The second kappa shape index (κ2) is 8.30. The van der Waals surface area contributed by atoms with Gasteiger partial charge in [0.25, 0.3) is 0 Å². The molecule has 0 atom stereocenters. The molecule has 8 rings (SSSR count). The zero-order valence-corrected chi connectivity index (χ0v) is 20.9. The van der Waals surface area contributed by atoms with Crippen LogP contribution in [0.3, 0.4) is 0 Å². The maximum atomic E-state index is 2.37. The topological polar surface area (TPSA) is 0 Å². The molecule has 0 heterocycles. The van der Waals surface area contributed by atoms with Crippen LogP contribution in [-0.2, 0) is 0 Å². The van der Waals surface area contributed by atoms with Crippen LogP contribution >= 0.6 is 0 Å². The van der Waals surface area contributed by atoms with E-state index in [2.05, 4.69) is 146 Å². The third kappa shape index (κ3) is 3.24. The van der Waals surface area contributed by atoms with Gasteiger partial charge in [0.05, 0.1) is 0 Å². The van der Waals surface area contributed by atoms with Gasteiger partial charge in [0.2, 0.25) is 0 Å². The van der Waals surface area contributed by atoms with E-state index >= 15 is 0 Å². The van der Waals surface area contributed by atoms with Crippen molar-refractivity contribution in [3.63, 3.8) is 0 Å². The molecular formula is C38H24. The Labute approximate surface area is 222 Å². The minimum Gasteiger partial charge on any atom is -0.0616 e. The zero-order chi connectivity index (χ0) is 25.1. The SMILES string of the molecule is c1ccc2c(c1)-c1cccc3cc(-c4ccc(-c5ccc(-c6cccc7ccccc67)cc5)cc4)cc-2c13. The molecule has 0 bridgehead atoms. The fraction of sp³-hybridized carbons (Fsp3) is 0. The van der Waals surface area contributed by atoms with Crippen molar-refractivity contribution in [2.24, 2.45) is 0 Å². The summed E-state index contributed by atoms with van der Waals surface area (Å²) in [5, 5.41) is 5.25. The average molecular weight is 481 g/mol. The molecule has 0 spiro atoms. The summed E-state index contributed by atoms with van der Waals surface area (Å²) >= 11 is 0. The summed E-state index contributed by atoms with van der Waals surface area (Å²) in [6.07, 6.45) is 0. The highest BCUT2D eigenvalue weighted by Gasteiger charge is 2.21. The first-order valence-corrected chi connectivity index (χ1v) is 13.2. The molecule has 38 heavy (non-hydrogen) atoms. The standard InChI is InChI=1S/C38H24/c1-2-10-32-28(7-1)8-5-13-33(32)29-21-19-26(20-22-29)25-15-17-27(18-16-25)31-23-30-9-6-14-36-34-11-3-4-12-35(34)37(24-31)38(30)36/h1-24H. The van der Waals surface area contributed by atoms with Crippen LogP contribution in [0.1, 0.15) is 0 Å². The first-order chi connectivity index (χ1) is 18.8. The third-order valence-electron chi connectivity index (χ3n) is 8.02. The Morgan fingerprint density at radius 1 is 0.263 bits per heavy atom. The Morgan fingerprint density at radius 2 is 0.763 bits per heavy atom. The molecule has 176 valence electrons. The van der Waals surface area contributed by atoms with Gasteiger partial charge in [0.1, 0.15) is 0 Å². The van der Waals surface area contributed by atoms with Crippen LogP contribution in [0, 0.1) is 0 Å². The van der Waals surface area contributed by atoms with Gasteiger partial charge in [-0.25, -0.2) is 0 Å². The first-order valence-electron chi connectivity index (χ1n) is 13.2. The van der Waals surface area contributed by atoms with Gasteiger partial charge < -0.3 is 0 Å². The van der Waals surface area contributed by atoms with Crippen molar-refractivity contribution >= 4 is 21.5 Å². The lowest BCUT2D eigenvalue weighted by atomic mass is 9.94. The number of hydrogen-bond acceptors (Lipinski definition) is 0. The van der Waals surface area contributed by atoms with Crippen molar-refractivity contribution in [2.45, 2.75) is 0 Å². The van der Waals surface area contributed by atoms with E-state index in [0.29, 0.717) is 0 Å². The van der Waals surface area contributed by atoms with E-state index in [0.717, 1.165) is 0 Å². The molecule has 0 heteroatoms. The van der Waals surface area contributed by atoms with Crippen LogP contribution in [0.5, 0.6) is 0 Å². The molecule has 0 radical (unpaired) electrons. The zero-order valence-electron chi connectivity index (χ0n) is 20.9. The fourth-order valence-corrected chi connectivity index (χ4v) is 6.16. The van der Waals surface area contributed by atoms with Gasteiger partial charge in [-0.3, -0.25) is 0 Å². The van der Waals surface area contributed by atoms with E-state index in [1.807, 2.05) is 0 Å². The largest absolute Gasteiger partial charge is 0.0616 e. The quantitative estimate of drug-likeness (QED) is 0.236. The van der Waals surface area contributed by atoms with Crippen molar-refractivity contribution in [3.05, 3.63) is 146 Å². The summed E-state index contributed by atoms with van der Waals surface area (Å²) in [5.74, 6) is 0. The molecule has 0 saturated carbocycles. The van der Waals surface area contributed by atoms with Crippen molar-refractivity contribution in [1.82, 2.24) is 0 Å². The van der Waals surface area contributed by atoms with Crippen LogP contribution in [0.15, 0.2) is 146 Å². The van der Waals surface area contributed by atoms with Crippen LogP contribution in [0.25, 0.3) is 77.2 Å². The summed E-state index contributed by atoms with van der Waals surface area (Å²) in [6.45, 7) is 0. The molecule has 0 fully saturated rings. The highest BCUT2D eigenvalue weighted by Crippen LogP contribution is 2.48. The number of rotatable bonds is 3. The molecule has 0 saturated heterocycles. The summed E-state index contributed by atoms with van der Waals surface area (Å²) in [5.41, 5.74) is 12.9. The van der Waals surface area contributed by atoms with Gasteiger partial charge in [-0.1, -0.05) is 133 Å². The van der Waals surface area contributed by atoms with Crippen molar-refractivity contribution in [3.8, 4) is 55.6 Å². The number of hydrogen-bond donors (Lipinski definition) is 0. The van der Waals surface area contributed by atoms with E-state index in [1.54, 1.807) is 0 Å². The summed E-state index contributed by atoms with van der Waals surface area (Å²) < 4.78 is 0. The minimum absolute atomic E-state index is 1.23.